The van der Waals surface area contributed by atoms with Gasteiger partial charge in [-0.1, -0.05) is 0 Å². The van der Waals surface area contributed by atoms with E-state index >= 15 is 0 Å². The number of amides is 1. The number of halogens is 1. The largest absolute Gasteiger partial charge is 0.444 e. The second-order valence-corrected chi connectivity index (χ2v) is 3.62. The summed E-state index contributed by atoms with van der Waals surface area (Å²) in [4.78, 5) is 10.8. The Bertz CT molecular complexity index is 185. The highest BCUT2D eigenvalue weighted by Crippen LogP contribution is 2.28. The molecule has 11 heavy (non-hydrogen) atoms. The van der Waals surface area contributed by atoms with Crippen LogP contribution in [0.15, 0.2) is 0 Å². The Labute approximate surface area is 70.0 Å². The third-order valence-electron chi connectivity index (χ3n) is 2.30. The Morgan fingerprint density at radius 3 is 3.09 bits per heavy atom. The third kappa shape index (κ3) is 1.18. The van der Waals surface area contributed by atoms with Gasteiger partial charge < -0.3 is 10.1 Å². The number of alkyl carbamates (subject to hydrolysis) is 1. The summed E-state index contributed by atoms with van der Waals surface area (Å²) in [6.07, 6.45) is 2.70. The molecule has 0 unspecified atom stereocenters. The molecular formula is C7H10ClNO2. The maximum absolute atomic E-state index is 10.8. The molecule has 0 aromatic heterocycles. The lowest BCUT2D eigenvalue weighted by Crippen LogP contribution is -2.42. The zero-order valence-corrected chi connectivity index (χ0v) is 6.80. The first kappa shape index (κ1) is 7.22. The zero-order chi connectivity index (χ0) is 7.84. The van der Waals surface area contributed by atoms with Crippen molar-refractivity contribution in [1.29, 1.82) is 0 Å². The van der Waals surface area contributed by atoms with Crippen molar-refractivity contribution >= 4 is 17.7 Å². The van der Waals surface area contributed by atoms with Gasteiger partial charge in [-0.15, -0.1) is 11.6 Å². The second kappa shape index (κ2) is 2.55. The Kier molecular flexibility index (Phi) is 1.68. The fourth-order valence-corrected chi connectivity index (χ4v) is 2.11. The fourth-order valence-electron chi connectivity index (χ4n) is 1.73. The summed E-state index contributed by atoms with van der Waals surface area (Å²) >= 11 is 5.99. The molecule has 2 fully saturated rings. The molecular weight excluding hydrogens is 166 g/mol. The van der Waals surface area contributed by atoms with Crippen LogP contribution >= 0.6 is 11.6 Å². The number of alkyl halides is 1. The van der Waals surface area contributed by atoms with E-state index in [4.69, 9.17) is 16.3 Å². The SMILES string of the molecule is O=C1N[C@H]2[C@@H](Cl)CCC[C@H]2O1. The molecule has 1 saturated heterocycles. The molecule has 3 atom stereocenters. The van der Waals surface area contributed by atoms with Gasteiger partial charge in [0, 0.05) is 0 Å². The average molecular weight is 176 g/mol. The van der Waals surface area contributed by atoms with Crippen molar-refractivity contribution < 1.29 is 9.53 Å². The van der Waals surface area contributed by atoms with Crippen molar-refractivity contribution in [3.05, 3.63) is 0 Å². The van der Waals surface area contributed by atoms with Crippen molar-refractivity contribution in [2.75, 3.05) is 0 Å². The van der Waals surface area contributed by atoms with Gasteiger partial charge >= 0.3 is 6.09 Å². The van der Waals surface area contributed by atoms with Crippen molar-refractivity contribution in [3.63, 3.8) is 0 Å². The monoisotopic (exact) mass is 175 g/mol. The van der Waals surface area contributed by atoms with Crippen LogP contribution in [0, 0.1) is 0 Å². The molecule has 0 aromatic carbocycles. The van der Waals surface area contributed by atoms with E-state index in [0.29, 0.717) is 0 Å². The number of carbonyl (C=O) groups is 1. The van der Waals surface area contributed by atoms with Gasteiger partial charge in [0.15, 0.2) is 0 Å². The van der Waals surface area contributed by atoms with E-state index in [1.54, 1.807) is 0 Å². The normalized spacial score (nSPS) is 42.6. The smallest absolute Gasteiger partial charge is 0.407 e. The van der Waals surface area contributed by atoms with Crippen LogP contribution in [-0.4, -0.2) is 23.6 Å². The minimum Gasteiger partial charge on any atom is -0.444 e. The molecule has 0 aromatic rings. The Balaban J connectivity index is 2.09. The fraction of sp³-hybridized carbons (Fsp3) is 0.857. The summed E-state index contributed by atoms with van der Waals surface area (Å²) in [5, 5.41) is 2.77. The number of ether oxygens (including phenoxy) is 1. The lowest BCUT2D eigenvalue weighted by atomic mass is 9.93. The summed E-state index contributed by atoms with van der Waals surface area (Å²) in [6, 6.07) is 0.0536. The highest BCUT2D eigenvalue weighted by molar-refractivity contribution is 6.21. The van der Waals surface area contributed by atoms with Gasteiger partial charge in [-0.2, -0.15) is 0 Å². The summed E-state index contributed by atoms with van der Waals surface area (Å²) in [7, 11) is 0. The Morgan fingerprint density at radius 1 is 1.55 bits per heavy atom. The molecule has 0 bridgehead atoms. The number of hydrogen-bond donors (Lipinski definition) is 1. The minimum atomic E-state index is -0.312. The van der Waals surface area contributed by atoms with E-state index in [1.807, 2.05) is 0 Å². The highest BCUT2D eigenvalue weighted by atomic mass is 35.5. The van der Waals surface area contributed by atoms with Crippen molar-refractivity contribution in [2.24, 2.45) is 0 Å². The minimum absolute atomic E-state index is 0.0266. The summed E-state index contributed by atoms with van der Waals surface area (Å²) in [5.74, 6) is 0. The van der Waals surface area contributed by atoms with Crippen LogP contribution in [0.3, 0.4) is 0 Å². The molecule has 3 nitrogen and oxygen atoms in total. The van der Waals surface area contributed by atoms with E-state index < -0.39 is 0 Å². The molecule has 1 aliphatic heterocycles. The van der Waals surface area contributed by atoms with Gasteiger partial charge in [0.1, 0.15) is 6.10 Å². The summed E-state index contributed by atoms with van der Waals surface area (Å²) < 4.78 is 5.00. The molecule has 62 valence electrons. The molecule has 1 saturated carbocycles. The van der Waals surface area contributed by atoms with Gasteiger partial charge in [-0.3, -0.25) is 0 Å². The first-order valence-corrected chi connectivity index (χ1v) is 4.32. The molecule has 1 aliphatic carbocycles. The molecule has 1 heterocycles. The quantitative estimate of drug-likeness (QED) is 0.563. The highest BCUT2D eigenvalue weighted by Gasteiger charge is 2.40. The van der Waals surface area contributed by atoms with Crippen LogP contribution in [0.25, 0.3) is 0 Å². The Morgan fingerprint density at radius 2 is 2.36 bits per heavy atom. The van der Waals surface area contributed by atoms with E-state index in [-0.39, 0.29) is 23.6 Å². The number of carbonyl (C=O) groups excluding carboxylic acids is 1. The number of rotatable bonds is 0. The molecule has 1 N–H and O–H groups in total. The van der Waals surface area contributed by atoms with Crippen LogP contribution in [0.4, 0.5) is 4.79 Å². The predicted octanol–water partition coefficient (Wildman–Crippen LogP) is 1.25. The summed E-state index contributed by atoms with van der Waals surface area (Å²) in [5.41, 5.74) is 0. The van der Waals surface area contributed by atoms with Crippen LogP contribution in [-0.2, 0) is 4.74 Å². The van der Waals surface area contributed by atoms with Gasteiger partial charge in [-0.25, -0.2) is 4.79 Å². The number of nitrogens with one attached hydrogen (secondary N) is 1. The maximum atomic E-state index is 10.8. The van der Waals surface area contributed by atoms with Crippen LogP contribution in [0.5, 0.6) is 0 Å². The first-order chi connectivity index (χ1) is 5.27. The Hall–Kier alpha value is -0.440. The van der Waals surface area contributed by atoms with Crippen LogP contribution < -0.4 is 5.32 Å². The third-order valence-corrected chi connectivity index (χ3v) is 2.79. The van der Waals surface area contributed by atoms with Crippen LogP contribution in [0.1, 0.15) is 19.3 Å². The van der Waals surface area contributed by atoms with Crippen molar-refractivity contribution in [1.82, 2.24) is 5.32 Å². The molecule has 0 radical (unpaired) electrons. The molecule has 1 amide bonds. The van der Waals surface area contributed by atoms with Gasteiger partial charge in [0.2, 0.25) is 0 Å². The molecule has 0 spiro atoms. The molecule has 2 rings (SSSR count). The van der Waals surface area contributed by atoms with Gasteiger partial charge in [0.05, 0.1) is 11.4 Å². The second-order valence-electron chi connectivity index (χ2n) is 3.06. The zero-order valence-electron chi connectivity index (χ0n) is 6.05. The molecule has 4 heteroatoms. The van der Waals surface area contributed by atoms with E-state index in [9.17, 15) is 4.79 Å². The van der Waals surface area contributed by atoms with E-state index in [0.717, 1.165) is 19.3 Å². The standard InChI is InChI=1S/C7H10ClNO2/c8-4-2-1-3-5-6(4)9-7(10)11-5/h4-6H,1-3H2,(H,9,10)/t4-,5+,6-/m0/s1. The maximum Gasteiger partial charge on any atom is 0.407 e. The van der Waals surface area contributed by atoms with E-state index in [1.165, 1.54) is 0 Å². The predicted molar refractivity (Wildman–Crippen MR) is 40.7 cm³/mol. The topological polar surface area (TPSA) is 38.3 Å². The lowest BCUT2D eigenvalue weighted by Gasteiger charge is -2.26. The van der Waals surface area contributed by atoms with Crippen molar-refractivity contribution in [3.8, 4) is 0 Å². The van der Waals surface area contributed by atoms with Gasteiger partial charge in [0.25, 0.3) is 0 Å². The average Bonchev–Trinajstić information content (AvgIpc) is 2.31. The van der Waals surface area contributed by atoms with Crippen molar-refractivity contribution in [2.45, 2.75) is 36.8 Å². The molecule has 2 aliphatic rings. The number of hydrogen-bond acceptors (Lipinski definition) is 2. The number of fused-ring (bicyclic) bond motifs is 1. The van der Waals surface area contributed by atoms with E-state index in [2.05, 4.69) is 5.32 Å². The lowest BCUT2D eigenvalue weighted by molar-refractivity contribution is 0.114. The van der Waals surface area contributed by atoms with Crippen LogP contribution in [0.2, 0.25) is 0 Å². The van der Waals surface area contributed by atoms with Gasteiger partial charge in [-0.05, 0) is 19.3 Å². The summed E-state index contributed by atoms with van der Waals surface area (Å²) in [6.45, 7) is 0. The first-order valence-electron chi connectivity index (χ1n) is 3.88.